The van der Waals surface area contributed by atoms with Crippen LogP contribution in [0.15, 0.2) is 42.6 Å². The van der Waals surface area contributed by atoms with Gasteiger partial charge in [-0.2, -0.15) is 0 Å². The van der Waals surface area contributed by atoms with Gasteiger partial charge in [-0.15, -0.1) is 0 Å². The third-order valence-electron chi connectivity index (χ3n) is 2.78. The highest BCUT2D eigenvalue weighted by Crippen LogP contribution is 2.18. The lowest BCUT2D eigenvalue weighted by atomic mass is 10.2. The second-order valence-electron chi connectivity index (χ2n) is 3.91. The molecule has 17 heavy (non-hydrogen) atoms. The van der Waals surface area contributed by atoms with Crippen LogP contribution in [0.3, 0.4) is 0 Å². The number of nitrogens with zero attached hydrogens (tertiary/aromatic N) is 2. The SMILES string of the molecule is O=C(O)Cc1cnc2ccc3ccccc3n12. The fourth-order valence-electron chi connectivity index (χ4n) is 2.08. The smallest absolute Gasteiger partial charge is 0.309 e. The zero-order chi connectivity index (χ0) is 11.8. The van der Waals surface area contributed by atoms with Crippen molar-refractivity contribution in [1.82, 2.24) is 9.38 Å². The van der Waals surface area contributed by atoms with E-state index in [1.54, 1.807) is 6.20 Å². The average Bonchev–Trinajstić information content (AvgIpc) is 2.72. The summed E-state index contributed by atoms with van der Waals surface area (Å²) in [5.41, 5.74) is 2.46. The van der Waals surface area contributed by atoms with E-state index in [4.69, 9.17) is 5.11 Å². The maximum absolute atomic E-state index is 10.8. The summed E-state index contributed by atoms with van der Waals surface area (Å²) in [5.74, 6) is -0.847. The van der Waals surface area contributed by atoms with Crippen LogP contribution in [0.25, 0.3) is 16.6 Å². The molecule has 84 valence electrons. The van der Waals surface area contributed by atoms with Crippen LogP contribution in [0.4, 0.5) is 0 Å². The van der Waals surface area contributed by atoms with Crippen molar-refractivity contribution in [2.45, 2.75) is 6.42 Å². The normalized spacial score (nSPS) is 11.1. The number of hydrogen-bond donors (Lipinski definition) is 1. The van der Waals surface area contributed by atoms with E-state index in [1.165, 1.54) is 0 Å². The van der Waals surface area contributed by atoms with Crippen LogP contribution >= 0.6 is 0 Å². The maximum atomic E-state index is 10.8. The van der Waals surface area contributed by atoms with Crippen molar-refractivity contribution in [1.29, 1.82) is 0 Å². The average molecular weight is 226 g/mol. The van der Waals surface area contributed by atoms with E-state index in [0.717, 1.165) is 16.6 Å². The number of fused-ring (bicyclic) bond motifs is 3. The first-order valence-electron chi connectivity index (χ1n) is 5.31. The van der Waals surface area contributed by atoms with E-state index in [-0.39, 0.29) is 6.42 Å². The molecule has 0 aliphatic carbocycles. The third-order valence-corrected chi connectivity index (χ3v) is 2.78. The molecule has 2 heterocycles. The quantitative estimate of drug-likeness (QED) is 0.728. The van der Waals surface area contributed by atoms with E-state index in [1.807, 2.05) is 40.8 Å². The van der Waals surface area contributed by atoms with Crippen molar-refractivity contribution >= 4 is 22.5 Å². The lowest BCUT2D eigenvalue weighted by Crippen LogP contribution is -2.03. The number of para-hydroxylation sites is 1. The summed E-state index contributed by atoms with van der Waals surface area (Å²) in [6.07, 6.45) is 1.60. The Morgan fingerprint density at radius 3 is 2.88 bits per heavy atom. The zero-order valence-corrected chi connectivity index (χ0v) is 9.00. The van der Waals surface area contributed by atoms with Crippen molar-refractivity contribution in [2.24, 2.45) is 0 Å². The summed E-state index contributed by atoms with van der Waals surface area (Å²) in [4.78, 5) is 15.0. The van der Waals surface area contributed by atoms with Gasteiger partial charge in [-0.1, -0.05) is 18.2 Å². The predicted molar refractivity (Wildman–Crippen MR) is 64.0 cm³/mol. The standard InChI is InChI=1S/C13H10N2O2/c16-13(17)7-10-8-14-12-6-5-9-3-1-2-4-11(9)15(10)12/h1-6,8H,7H2,(H,16,17). The van der Waals surface area contributed by atoms with Crippen molar-refractivity contribution in [3.8, 4) is 0 Å². The number of aromatic nitrogens is 2. The van der Waals surface area contributed by atoms with Gasteiger partial charge in [0.25, 0.3) is 0 Å². The van der Waals surface area contributed by atoms with Crippen LogP contribution < -0.4 is 0 Å². The molecule has 1 aromatic carbocycles. The molecule has 2 aromatic heterocycles. The lowest BCUT2D eigenvalue weighted by molar-refractivity contribution is -0.136. The molecule has 0 atom stereocenters. The van der Waals surface area contributed by atoms with Crippen LogP contribution in [-0.2, 0) is 11.2 Å². The summed E-state index contributed by atoms with van der Waals surface area (Å²) in [6.45, 7) is 0. The van der Waals surface area contributed by atoms with Crippen molar-refractivity contribution in [3.63, 3.8) is 0 Å². The Kier molecular flexibility index (Phi) is 2.08. The molecule has 0 bridgehead atoms. The molecule has 0 spiro atoms. The van der Waals surface area contributed by atoms with Crippen LogP contribution in [0.1, 0.15) is 5.69 Å². The van der Waals surface area contributed by atoms with Gasteiger partial charge >= 0.3 is 5.97 Å². The Bertz CT molecular complexity index is 716. The highest BCUT2D eigenvalue weighted by atomic mass is 16.4. The van der Waals surface area contributed by atoms with E-state index < -0.39 is 5.97 Å². The first-order chi connectivity index (χ1) is 8.25. The Hall–Kier alpha value is -2.36. The molecule has 0 aliphatic heterocycles. The molecule has 3 rings (SSSR count). The minimum Gasteiger partial charge on any atom is -0.481 e. The van der Waals surface area contributed by atoms with Gasteiger partial charge in [-0.25, -0.2) is 4.98 Å². The minimum atomic E-state index is -0.847. The van der Waals surface area contributed by atoms with Crippen LogP contribution in [-0.4, -0.2) is 20.5 Å². The second kappa shape index (κ2) is 3.59. The third kappa shape index (κ3) is 1.54. The number of rotatable bonds is 2. The Balaban J connectivity index is 2.38. The number of aliphatic carboxylic acids is 1. The maximum Gasteiger partial charge on any atom is 0.309 e. The van der Waals surface area contributed by atoms with Gasteiger partial charge in [-0.3, -0.25) is 9.20 Å². The molecule has 0 aliphatic rings. The van der Waals surface area contributed by atoms with Gasteiger partial charge < -0.3 is 5.11 Å². The van der Waals surface area contributed by atoms with E-state index >= 15 is 0 Å². The number of carboxylic acids is 1. The van der Waals surface area contributed by atoms with Crippen molar-refractivity contribution in [2.75, 3.05) is 0 Å². The molecule has 3 aromatic rings. The summed E-state index contributed by atoms with van der Waals surface area (Å²) in [6, 6.07) is 11.7. The largest absolute Gasteiger partial charge is 0.481 e. The highest BCUT2D eigenvalue weighted by Gasteiger charge is 2.09. The van der Waals surface area contributed by atoms with E-state index in [2.05, 4.69) is 4.98 Å². The van der Waals surface area contributed by atoms with Crippen molar-refractivity contribution < 1.29 is 9.90 Å². The molecule has 4 heteroatoms. The predicted octanol–water partition coefficient (Wildman–Crippen LogP) is 2.11. The molecule has 0 amide bonds. The van der Waals surface area contributed by atoms with Gasteiger partial charge in [0.05, 0.1) is 17.6 Å². The fourth-order valence-corrected chi connectivity index (χ4v) is 2.08. The number of pyridine rings is 1. The van der Waals surface area contributed by atoms with Gasteiger partial charge in [0.15, 0.2) is 0 Å². The topological polar surface area (TPSA) is 54.6 Å². The highest BCUT2D eigenvalue weighted by molar-refractivity contribution is 5.83. The van der Waals surface area contributed by atoms with E-state index in [9.17, 15) is 4.79 Å². The van der Waals surface area contributed by atoms with Crippen molar-refractivity contribution in [3.05, 3.63) is 48.3 Å². The molecule has 0 fully saturated rings. The zero-order valence-electron chi connectivity index (χ0n) is 9.00. The Morgan fingerprint density at radius 1 is 1.24 bits per heavy atom. The second-order valence-corrected chi connectivity index (χ2v) is 3.91. The lowest BCUT2D eigenvalue weighted by Gasteiger charge is -2.04. The summed E-state index contributed by atoms with van der Waals surface area (Å²) >= 11 is 0. The first kappa shape index (κ1) is 9.84. The van der Waals surface area contributed by atoms with E-state index in [0.29, 0.717) is 5.69 Å². The summed E-state index contributed by atoms with van der Waals surface area (Å²) in [5, 5.41) is 9.95. The molecule has 0 radical (unpaired) electrons. The van der Waals surface area contributed by atoms with Gasteiger partial charge in [0.1, 0.15) is 5.65 Å². The molecule has 1 N–H and O–H groups in total. The fraction of sp³-hybridized carbons (Fsp3) is 0.0769. The molecular weight excluding hydrogens is 216 g/mol. The van der Waals surface area contributed by atoms with Gasteiger partial charge in [0.2, 0.25) is 0 Å². The molecule has 0 saturated carbocycles. The van der Waals surface area contributed by atoms with Gasteiger partial charge in [0, 0.05) is 6.20 Å². The summed E-state index contributed by atoms with van der Waals surface area (Å²) < 4.78 is 1.89. The number of benzene rings is 1. The molecule has 4 nitrogen and oxygen atoms in total. The Morgan fingerprint density at radius 2 is 2.06 bits per heavy atom. The minimum absolute atomic E-state index is 0.0187. The van der Waals surface area contributed by atoms with Gasteiger partial charge in [-0.05, 0) is 23.6 Å². The van der Waals surface area contributed by atoms with Crippen LogP contribution in [0.2, 0.25) is 0 Å². The van der Waals surface area contributed by atoms with Crippen LogP contribution in [0.5, 0.6) is 0 Å². The number of imidazole rings is 1. The number of carboxylic acid groups (broad SMARTS) is 1. The Labute approximate surface area is 97.1 Å². The number of carbonyl (C=O) groups is 1. The first-order valence-corrected chi connectivity index (χ1v) is 5.31. The number of hydrogen-bond acceptors (Lipinski definition) is 2. The summed E-state index contributed by atoms with van der Waals surface area (Å²) in [7, 11) is 0. The van der Waals surface area contributed by atoms with Crippen LogP contribution in [0, 0.1) is 0 Å². The molecule has 0 unspecified atom stereocenters. The monoisotopic (exact) mass is 226 g/mol. The molecular formula is C13H10N2O2. The molecule has 0 saturated heterocycles.